The maximum atomic E-state index is 10.1. The fraction of sp³-hybridized carbons (Fsp3) is 0.889. The lowest BCUT2D eigenvalue weighted by Crippen LogP contribution is -1.96. The molecule has 0 amide bonds. The summed E-state index contributed by atoms with van der Waals surface area (Å²) in [5.41, 5.74) is 0. The Morgan fingerprint density at radius 3 is 2.55 bits per heavy atom. The summed E-state index contributed by atoms with van der Waals surface area (Å²) in [4.78, 5) is 0. The Hall–Kier alpha value is -0.550. The van der Waals surface area contributed by atoms with Crippen molar-refractivity contribution >= 4 is 0 Å². The fourth-order valence-corrected chi connectivity index (χ4v) is 1.11. The average Bonchev–Trinajstić information content (AvgIpc) is 2.03. The molecule has 0 saturated heterocycles. The van der Waals surface area contributed by atoms with Crippen LogP contribution in [0.25, 0.3) is 0 Å². The van der Waals surface area contributed by atoms with Crippen molar-refractivity contribution in [1.29, 1.82) is 5.26 Å². The molecule has 0 spiro atoms. The van der Waals surface area contributed by atoms with Gasteiger partial charge >= 0.3 is 0 Å². The molecule has 0 aromatic carbocycles. The Labute approximate surface area is 68.8 Å². The molecular weight excluding hydrogens is 138 g/mol. The highest BCUT2D eigenvalue weighted by molar-refractivity contribution is 4.81. The number of rotatable bonds is 6. The van der Waals surface area contributed by atoms with E-state index >= 15 is 0 Å². The first-order valence-electron chi connectivity index (χ1n) is 4.32. The van der Waals surface area contributed by atoms with E-state index in [0.717, 1.165) is 32.1 Å². The first-order chi connectivity index (χ1) is 5.35. The van der Waals surface area contributed by atoms with Gasteiger partial charge in [-0.05, 0) is 25.7 Å². The smallest absolute Gasteiger partial charge is 0.0822 e. The maximum Gasteiger partial charge on any atom is 0.0822 e. The molecule has 0 aliphatic heterocycles. The molecule has 0 aromatic rings. The van der Waals surface area contributed by atoms with Gasteiger partial charge in [0.2, 0.25) is 0 Å². The minimum Gasteiger partial charge on any atom is -0.237 e. The third kappa shape index (κ3) is 5.87. The zero-order valence-corrected chi connectivity index (χ0v) is 7.18. The first-order valence-corrected chi connectivity index (χ1v) is 4.32. The Bertz CT molecular complexity index is 117. The summed E-state index contributed by atoms with van der Waals surface area (Å²) >= 11 is 0. The summed E-state index contributed by atoms with van der Waals surface area (Å²) in [7, 11) is 0. The van der Waals surface area contributed by atoms with Gasteiger partial charge in [0.15, 0.2) is 0 Å². The Balaban J connectivity index is 3.30. The van der Waals surface area contributed by atoms with Crippen LogP contribution in [0.5, 0.6) is 0 Å². The minimum absolute atomic E-state index is 0.00424. The van der Waals surface area contributed by atoms with E-state index in [1.807, 2.05) is 0 Å². The standard InChI is InChI=1S/C9H16NO/c1-2-5-9(8-10)6-3-4-7-11/h9H,2-7H2,1H3. The van der Waals surface area contributed by atoms with E-state index in [0.29, 0.717) is 0 Å². The van der Waals surface area contributed by atoms with Crippen molar-refractivity contribution < 1.29 is 5.11 Å². The number of nitrogens with zero attached hydrogens (tertiary/aromatic N) is 1. The van der Waals surface area contributed by atoms with E-state index in [1.54, 1.807) is 0 Å². The second-order valence-electron chi connectivity index (χ2n) is 2.81. The van der Waals surface area contributed by atoms with Crippen molar-refractivity contribution in [2.75, 3.05) is 6.61 Å². The largest absolute Gasteiger partial charge is 0.237 e. The van der Waals surface area contributed by atoms with Crippen molar-refractivity contribution in [3.05, 3.63) is 0 Å². The van der Waals surface area contributed by atoms with Gasteiger partial charge in [0, 0.05) is 5.92 Å². The van der Waals surface area contributed by atoms with Crippen LogP contribution in [0.4, 0.5) is 0 Å². The number of nitriles is 1. The molecule has 1 unspecified atom stereocenters. The zero-order valence-electron chi connectivity index (χ0n) is 7.18. The van der Waals surface area contributed by atoms with Crippen LogP contribution >= 0.6 is 0 Å². The number of hydrogen-bond donors (Lipinski definition) is 0. The van der Waals surface area contributed by atoms with Crippen LogP contribution in [-0.4, -0.2) is 6.61 Å². The summed E-state index contributed by atoms with van der Waals surface area (Å²) in [5, 5.41) is 18.7. The Kier molecular flexibility index (Phi) is 7.18. The summed E-state index contributed by atoms with van der Waals surface area (Å²) in [6.07, 6.45) is 4.60. The van der Waals surface area contributed by atoms with E-state index in [2.05, 4.69) is 13.0 Å². The maximum absolute atomic E-state index is 10.1. The molecule has 0 heterocycles. The lowest BCUT2D eigenvalue weighted by atomic mass is 9.99. The van der Waals surface area contributed by atoms with Gasteiger partial charge in [-0.3, -0.25) is 0 Å². The third-order valence-electron chi connectivity index (χ3n) is 1.77. The molecule has 1 radical (unpaired) electrons. The van der Waals surface area contributed by atoms with Gasteiger partial charge in [-0.2, -0.15) is 5.26 Å². The monoisotopic (exact) mass is 154 g/mol. The molecule has 0 aliphatic rings. The van der Waals surface area contributed by atoms with E-state index in [1.165, 1.54) is 0 Å². The Morgan fingerprint density at radius 1 is 1.36 bits per heavy atom. The van der Waals surface area contributed by atoms with Crippen LogP contribution in [0.3, 0.4) is 0 Å². The van der Waals surface area contributed by atoms with Crippen LogP contribution in [0, 0.1) is 17.2 Å². The molecule has 0 aromatic heterocycles. The van der Waals surface area contributed by atoms with E-state index in [9.17, 15) is 5.11 Å². The SMILES string of the molecule is CCCC(C#N)CCCC[O]. The molecule has 0 aliphatic carbocycles. The van der Waals surface area contributed by atoms with E-state index < -0.39 is 0 Å². The molecule has 1 atom stereocenters. The Morgan fingerprint density at radius 2 is 2.09 bits per heavy atom. The molecule has 2 nitrogen and oxygen atoms in total. The normalized spacial score (nSPS) is 12.5. The average molecular weight is 154 g/mol. The van der Waals surface area contributed by atoms with Crippen LogP contribution in [0.1, 0.15) is 39.0 Å². The lowest BCUT2D eigenvalue weighted by molar-refractivity contribution is 0.185. The predicted octanol–water partition coefficient (Wildman–Crippen LogP) is 2.53. The zero-order chi connectivity index (χ0) is 8.53. The molecule has 0 N–H and O–H groups in total. The van der Waals surface area contributed by atoms with Gasteiger partial charge in [-0.25, -0.2) is 5.11 Å². The highest BCUT2D eigenvalue weighted by Gasteiger charge is 2.04. The number of unbranched alkanes of at least 4 members (excludes halogenated alkanes) is 1. The molecule has 63 valence electrons. The molecular formula is C9H16NO. The van der Waals surface area contributed by atoms with Crippen molar-refractivity contribution in [3.8, 4) is 6.07 Å². The van der Waals surface area contributed by atoms with Crippen LogP contribution in [-0.2, 0) is 5.11 Å². The lowest BCUT2D eigenvalue weighted by Gasteiger charge is -2.04. The topological polar surface area (TPSA) is 43.7 Å². The van der Waals surface area contributed by atoms with E-state index in [-0.39, 0.29) is 12.5 Å². The summed E-state index contributed by atoms with van der Waals surface area (Å²) < 4.78 is 0. The molecule has 2 heteroatoms. The first kappa shape index (κ1) is 10.4. The summed E-state index contributed by atoms with van der Waals surface area (Å²) in [6.45, 7) is 2.09. The molecule has 11 heavy (non-hydrogen) atoms. The van der Waals surface area contributed by atoms with Crippen LogP contribution in [0.15, 0.2) is 0 Å². The van der Waals surface area contributed by atoms with Gasteiger partial charge < -0.3 is 0 Å². The van der Waals surface area contributed by atoms with Gasteiger partial charge in [-0.15, -0.1) is 0 Å². The second-order valence-corrected chi connectivity index (χ2v) is 2.81. The van der Waals surface area contributed by atoms with Crippen LogP contribution in [0.2, 0.25) is 0 Å². The van der Waals surface area contributed by atoms with E-state index in [4.69, 9.17) is 5.26 Å². The fourth-order valence-electron chi connectivity index (χ4n) is 1.11. The quantitative estimate of drug-likeness (QED) is 0.542. The third-order valence-corrected chi connectivity index (χ3v) is 1.77. The molecule has 0 fully saturated rings. The molecule has 0 rings (SSSR count). The van der Waals surface area contributed by atoms with Gasteiger partial charge in [-0.1, -0.05) is 13.3 Å². The summed E-state index contributed by atoms with van der Waals surface area (Å²) in [5.74, 6) is 0.187. The highest BCUT2D eigenvalue weighted by Crippen LogP contribution is 2.12. The minimum atomic E-state index is 0.00424. The second kappa shape index (κ2) is 7.56. The number of hydrogen-bond acceptors (Lipinski definition) is 1. The van der Waals surface area contributed by atoms with Gasteiger partial charge in [0.1, 0.15) is 0 Å². The van der Waals surface area contributed by atoms with Crippen molar-refractivity contribution in [2.24, 2.45) is 5.92 Å². The van der Waals surface area contributed by atoms with Crippen molar-refractivity contribution in [2.45, 2.75) is 39.0 Å². The van der Waals surface area contributed by atoms with Gasteiger partial charge in [0.05, 0.1) is 12.7 Å². The van der Waals surface area contributed by atoms with Crippen molar-refractivity contribution in [3.63, 3.8) is 0 Å². The van der Waals surface area contributed by atoms with Crippen LogP contribution < -0.4 is 0 Å². The molecule has 0 bridgehead atoms. The van der Waals surface area contributed by atoms with Crippen molar-refractivity contribution in [1.82, 2.24) is 0 Å². The molecule has 0 saturated carbocycles. The highest BCUT2D eigenvalue weighted by atomic mass is 16.2. The predicted molar refractivity (Wildman–Crippen MR) is 43.4 cm³/mol. The van der Waals surface area contributed by atoms with Gasteiger partial charge in [0.25, 0.3) is 0 Å². The summed E-state index contributed by atoms with van der Waals surface area (Å²) in [6, 6.07) is 2.26.